The molecule has 1 rings (SSSR count). The predicted molar refractivity (Wildman–Crippen MR) is 61.1 cm³/mol. The number of nitrogens with zero attached hydrogens (tertiary/aromatic N) is 2. The summed E-state index contributed by atoms with van der Waals surface area (Å²) >= 11 is 0. The molecule has 1 atom stereocenters. The van der Waals surface area contributed by atoms with Gasteiger partial charge in [-0.3, -0.25) is 0 Å². The van der Waals surface area contributed by atoms with Gasteiger partial charge in [0.2, 0.25) is 10.0 Å². The van der Waals surface area contributed by atoms with Gasteiger partial charge in [0.15, 0.2) is 0 Å². The summed E-state index contributed by atoms with van der Waals surface area (Å²) in [6.07, 6.45) is 2.01. The zero-order valence-corrected chi connectivity index (χ0v) is 10.3. The topological polar surface area (TPSA) is 66.6 Å². The lowest BCUT2D eigenvalue weighted by Crippen LogP contribution is -2.48. The summed E-state index contributed by atoms with van der Waals surface area (Å²) in [5.41, 5.74) is 5.30. The second-order valence-electron chi connectivity index (χ2n) is 4.22. The molecule has 5 nitrogen and oxygen atoms in total. The van der Waals surface area contributed by atoms with Gasteiger partial charge in [-0.15, -0.1) is 0 Å². The standard InChI is InChI=1S/C9H21N3O2S/c1-11(2)9-4-3-6-12(8-9)15(13,14)7-5-10/h9H,3-8,10H2,1-2H3. The molecule has 1 unspecified atom stereocenters. The number of hydrogen-bond donors (Lipinski definition) is 1. The van der Waals surface area contributed by atoms with Gasteiger partial charge in [-0.2, -0.15) is 0 Å². The summed E-state index contributed by atoms with van der Waals surface area (Å²) in [6, 6.07) is 0.339. The van der Waals surface area contributed by atoms with E-state index in [1.807, 2.05) is 14.1 Å². The van der Waals surface area contributed by atoms with Crippen molar-refractivity contribution in [3.63, 3.8) is 0 Å². The third-order valence-electron chi connectivity index (χ3n) is 2.86. The minimum absolute atomic E-state index is 0.0626. The van der Waals surface area contributed by atoms with Crippen molar-refractivity contribution in [3.05, 3.63) is 0 Å². The molecule has 2 N–H and O–H groups in total. The summed E-state index contributed by atoms with van der Waals surface area (Å²) < 4.78 is 25.1. The summed E-state index contributed by atoms with van der Waals surface area (Å²) in [7, 11) is 0.861. The second-order valence-corrected chi connectivity index (χ2v) is 6.31. The van der Waals surface area contributed by atoms with Crippen LogP contribution in [0.4, 0.5) is 0 Å². The van der Waals surface area contributed by atoms with Crippen molar-refractivity contribution < 1.29 is 8.42 Å². The number of piperidine rings is 1. The van der Waals surface area contributed by atoms with E-state index in [9.17, 15) is 8.42 Å². The molecule has 1 aliphatic heterocycles. The van der Waals surface area contributed by atoms with Gasteiger partial charge in [-0.1, -0.05) is 0 Å². The van der Waals surface area contributed by atoms with Gasteiger partial charge in [0, 0.05) is 25.7 Å². The highest BCUT2D eigenvalue weighted by Gasteiger charge is 2.28. The smallest absolute Gasteiger partial charge is 0.215 e. The zero-order chi connectivity index (χ0) is 11.5. The van der Waals surface area contributed by atoms with Crippen LogP contribution >= 0.6 is 0 Å². The molecule has 15 heavy (non-hydrogen) atoms. The molecule has 90 valence electrons. The van der Waals surface area contributed by atoms with Crippen molar-refractivity contribution in [2.75, 3.05) is 39.5 Å². The van der Waals surface area contributed by atoms with Crippen molar-refractivity contribution >= 4 is 10.0 Å². The highest BCUT2D eigenvalue weighted by Crippen LogP contribution is 2.16. The molecule has 1 fully saturated rings. The Hall–Kier alpha value is -0.170. The SMILES string of the molecule is CN(C)C1CCCN(S(=O)(=O)CCN)C1. The first kappa shape index (κ1) is 12.9. The van der Waals surface area contributed by atoms with Crippen molar-refractivity contribution in [1.29, 1.82) is 0 Å². The van der Waals surface area contributed by atoms with Crippen molar-refractivity contribution in [1.82, 2.24) is 9.21 Å². The van der Waals surface area contributed by atoms with Gasteiger partial charge in [-0.25, -0.2) is 12.7 Å². The highest BCUT2D eigenvalue weighted by molar-refractivity contribution is 7.89. The molecular weight excluding hydrogens is 214 g/mol. The summed E-state index contributed by atoms with van der Waals surface area (Å²) in [5, 5.41) is 0. The monoisotopic (exact) mass is 235 g/mol. The number of hydrogen-bond acceptors (Lipinski definition) is 4. The fraction of sp³-hybridized carbons (Fsp3) is 1.00. The molecule has 6 heteroatoms. The normalized spacial score (nSPS) is 24.7. The van der Waals surface area contributed by atoms with Crippen LogP contribution in [0.15, 0.2) is 0 Å². The number of likely N-dealkylation sites (N-methyl/N-ethyl adjacent to an activating group) is 1. The van der Waals surface area contributed by atoms with Crippen LogP contribution in [0.25, 0.3) is 0 Å². The first-order valence-electron chi connectivity index (χ1n) is 5.31. The fourth-order valence-electron chi connectivity index (χ4n) is 1.87. The van der Waals surface area contributed by atoms with Crippen LogP contribution in [0.3, 0.4) is 0 Å². The lowest BCUT2D eigenvalue weighted by molar-refractivity contribution is 0.190. The van der Waals surface area contributed by atoms with Gasteiger partial charge in [0.25, 0.3) is 0 Å². The summed E-state index contributed by atoms with van der Waals surface area (Å²) in [5.74, 6) is 0.0626. The molecule has 0 bridgehead atoms. The van der Waals surface area contributed by atoms with E-state index in [1.165, 1.54) is 0 Å². The summed E-state index contributed by atoms with van der Waals surface area (Å²) in [6.45, 7) is 1.45. The minimum atomic E-state index is -3.12. The molecule has 0 aromatic heterocycles. The predicted octanol–water partition coefficient (Wildman–Crippen LogP) is -0.699. The number of rotatable bonds is 4. The molecular formula is C9H21N3O2S. The van der Waals surface area contributed by atoms with E-state index >= 15 is 0 Å². The van der Waals surface area contributed by atoms with E-state index in [0.717, 1.165) is 12.8 Å². The maximum absolute atomic E-state index is 11.8. The lowest BCUT2D eigenvalue weighted by Gasteiger charge is -2.35. The van der Waals surface area contributed by atoms with Crippen LogP contribution in [-0.2, 0) is 10.0 Å². The highest BCUT2D eigenvalue weighted by atomic mass is 32.2. The Morgan fingerprint density at radius 2 is 2.13 bits per heavy atom. The van der Waals surface area contributed by atoms with Crippen LogP contribution in [0.5, 0.6) is 0 Å². The van der Waals surface area contributed by atoms with Crippen molar-refractivity contribution in [3.8, 4) is 0 Å². The van der Waals surface area contributed by atoms with Gasteiger partial charge < -0.3 is 10.6 Å². The first-order valence-corrected chi connectivity index (χ1v) is 6.92. The maximum atomic E-state index is 11.8. The number of sulfonamides is 1. The molecule has 1 saturated heterocycles. The Morgan fingerprint density at radius 1 is 1.47 bits per heavy atom. The van der Waals surface area contributed by atoms with Crippen LogP contribution in [-0.4, -0.2) is 63.1 Å². The first-order chi connectivity index (χ1) is 6.97. The number of nitrogens with two attached hydrogens (primary N) is 1. The van der Waals surface area contributed by atoms with E-state index in [0.29, 0.717) is 19.1 Å². The third kappa shape index (κ3) is 3.41. The quantitative estimate of drug-likeness (QED) is 0.700. The molecule has 0 aromatic carbocycles. The van der Waals surface area contributed by atoms with E-state index in [-0.39, 0.29) is 12.3 Å². The zero-order valence-electron chi connectivity index (χ0n) is 9.52. The molecule has 1 heterocycles. The van der Waals surface area contributed by atoms with E-state index < -0.39 is 10.0 Å². The van der Waals surface area contributed by atoms with Gasteiger partial charge >= 0.3 is 0 Å². The molecule has 0 aromatic rings. The second kappa shape index (κ2) is 5.25. The molecule has 1 aliphatic rings. The maximum Gasteiger partial charge on any atom is 0.215 e. The van der Waals surface area contributed by atoms with Crippen molar-refractivity contribution in [2.24, 2.45) is 5.73 Å². The minimum Gasteiger partial charge on any atom is -0.329 e. The molecule has 0 amide bonds. The van der Waals surface area contributed by atoms with Crippen LogP contribution < -0.4 is 5.73 Å². The Balaban J connectivity index is 2.63. The average Bonchev–Trinajstić information content (AvgIpc) is 2.18. The van der Waals surface area contributed by atoms with Crippen molar-refractivity contribution in [2.45, 2.75) is 18.9 Å². The Kier molecular flexibility index (Phi) is 4.51. The van der Waals surface area contributed by atoms with Crippen LogP contribution in [0, 0.1) is 0 Å². The Morgan fingerprint density at radius 3 is 2.67 bits per heavy atom. The average molecular weight is 235 g/mol. The molecule has 0 radical (unpaired) electrons. The van der Waals surface area contributed by atoms with Crippen LogP contribution in [0.1, 0.15) is 12.8 Å². The van der Waals surface area contributed by atoms with Crippen LogP contribution in [0.2, 0.25) is 0 Å². The van der Waals surface area contributed by atoms with E-state index in [1.54, 1.807) is 4.31 Å². The van der Waals surface area contributed by atoms with Gasteiger partial charge in [0.1, 0.15) is 0 Å². The third-order valence-corrected chi connectivity index (χ3v) is 4.73. The lowest BCUT2D eigenvalue weighted by atomic mass is 10.1. The molecule has 0 spiro atoms. The fourth-order valence-corrected chi connectivity index (χ4v) is 3.24. The summed E-state index contributed by atoms with van der Waals surface area (Å²) in [4.78, 5) is 2.09. The van der Waals surface area contributed by atoms with Gasteiger partial charge in [-0.05, 0) is 26.9 Å². The Bertz CT molecular complexity index is 290. The Labute approximate surface area is 92.3 Å². The van der Waals surface area contributed by atoms with Gasteiger partial charge in [0.05, 0.1) is 5.75 Å². The molecule has 0 saturated carbocycles. The largest absolute Gasteiger partial charge is 0.329 e. The van der Waals surface area contributed by atoms with E-state index in [2.05, 4.69) is 4.90 Å². The molecule has 0 aliphatic carbocycles. The van der Waals surface area contributed by atoms with E-state index in [4.69, 9.17) is 5.73 Å².